The molecule has 1 aromatic heterocycles. The van der Waals surface area contributed by atoms with Crippen LogP contribution in [0.3, 0.4) is 0 Å². The van der Waals surface area contributed by atoms with Crippen molar-refractivity contribution in [3.8, 4) is 5.75 Å². The maximum Gasteiger partial charge on any atom is 0.353 e. The number of nitrogens with one attached hydrogen (secondary N) is 2. The van der Waals surface area contributed by atoms with Gasteiger partial charge in [-0.05, 0) is 48.9 Å². The summed E-state index contributed by atoms with van der Waals surface area (Å²) in [4.78, 5) is 30.8. The van der Waals surface area contributed by atoms with Crippen LogP contribution in [0.5, 0.6) is 5.75 Å². The molecule has 0 saturated carbocycles. The van der Waals surface area contributed by atoms with Crippen LogP contribution in [0.15, 0.2) is 48.8 Å². The third-order valence-corrected chi connectivity index (χ3v) is 4.18. The number of esters is 1. The Bertz CT molecular complexity index is 1090. The molecule has 10 nitrogen and oxygen atoms in total. The molecule has 0 amide bonds. The van der Waals surface area contributed by atoms with Crippen LogP contribution in [0.2, 0.25) is 0 Å². The molecule has 3 rings (SSSR count). The van der Waals surface area contributed by atoms with Gasteiger partial charge in [0.05, 0.1) is 30.4 Å². The number of ether oxygens (including phenoxy) is 2. The van der Waals surface area contributed by atoms with Crippen LogP contribution in [-0.2, 0) is 4.74 Å². The van der Waals surface area contributed by atoms with Crippen molar-refractivity contribution in [2.45, 2.75) is 6.92 Å². The lowest BCUT2D eigenvalue weighted by molar-refractivity contribution is -0.383. The molecule has 0 spiro atoms. The first kappa shape index (κ1) is 20.5. The zero-order valence-corrected chi connectivity index (χ0v) is 16.5. The SMILES string of the molecule is COC(=O)c1ccc(Nc2ncnc(Nc3cc(C)ccc3OC)c2[N+](=O)[O-])cc1. The number of nitrogens with zero attached hydrogens (tertiary/aromatic N) is 3. The van der Waals surface area contributed by atoms with E-state index < -0.39 is 10.9 Å². The van der Waals surface area contributed by atoms with Gasteiger partial charge in [0.25, 0.3) is 0 Å². The van der Waals surface area contributed by atoms with E-state index in [1.807, 2.05) is 13.0 Å². The Kier molecular flexibility index (Phi) is 6.06. The van der Waals surface area contributed by atoms with Crippen LogP contribution < -0.4 is 15.4 Å². The molecule has 0 aliphatic rings. The van der Waals surface area contributed by atoms with Gasteiger partial charge < -0.3 is 20.1 Å². The molecule has 0 fully saturated rings. The highest BCUT2D eigenvalue weighted by atomic mass is 16.6. The lowest BCUT2D eigenvalue weighted by Crippen LogP contribution is -2.06. The van der Waals surface area contributed by atoms with E-state index in [1.54, 1.807) is 24.3 Å². The first-order valence-corrected chi connectivity index (χ1v) is 8.79. The normalized spacial score (nSPS) is 10.2. The van der Waals surface area contributed by atoms with Gasteiger partial charge in [-0.2, -0.15) is 0 Å². The lowest BCUT2D eigenvalue weighted by atomic mass is 10.2. The number of anilines is 4. The van der Waals surface area contributed by atoms with E-state index in [2.05, 4.69) is 25.3 Å². The molecule has 0 unspecified atom stereocenters. The number of aromatic nitrogens is 2. The van der Waals surface area contributed by atoms with Crippen LogP contribution in [0.25, 0.3) is 0 Å². The van der Waals surface area contributed by atoms with Crippen LogP contribution in [-0.4, -0.2) is 35.1 Å². The molecule has 3 aromatic rings. The van der Waals surface area contributed by atoms with E-state index >= 15 is 0 Å². The summed E-state index contributed by atoms with van der Waals surface area (Å²) >= 11 is 0. The molecule has 1 heterocycles. The van der Waals surface area contributed by atoms with E-state index in [0.717, 1.165) is 5.56 Å². The number of hydrogen-bond donors (Lipinski definition) is 2. The van der Waals surface area contributed by atoms with Gasteiger partial charge in [-0.25, -0.2) is 14.8 Å². The van der Waals surface area contributed by atoms with E-state index in [9.17, 15) is 14.9 Å². The molecule has 0 bridgehead atoms. The molecular formula is C20H19N5O5. The molecule has 0 atom stereocenters. The van der Waals surface area contributed by atoms with Gasteiger partial charge in [0.1, 0.15) is 12.1 Å². The van der Waals surface area contributed by atoms with Gasteiger partial charge in [0, 0.05) is 5.69 Å². The largest absolute Gasteiger partial charge is 0.495 e. The molecule has 0 saturated heterocycles. The smallest absolute Gasteiger partial charge is 0.353 e. The van der Waals surface area contributed by atoms with Crippen molar-refractivity contribution in [3.05, 3.63) is 70.0 Å². The van der Waals surface area contributed by atoms with Crippen molar-refractivity contribution in [1.82, 2.24) is 9.97 Å². The van der Waals surface area contributed by atoms with Crippen molar-refractivity contribution in [1.29, 1.82) is 0 Å². The fourth-order valence-corrected chi connectivity index (χ4v) is 2.73. The second-order valence-electron chi connectivity index (χ2n) is 6.20. The van der Waals surface area contributed by atoms with Crippen molar-refractivity contribution in [2.75, 3.05) is 24.9 Å². The highest BCUT2D eigenvalue weighted by molar-refractivity contribution is 5.90. The van der Waals surface area contributed by atoms with E-state index in [0.29, 0.717) is 22.7 Å². The molecule has 0 aliphatic carbocycles. The van der Waals surface area contributed by atoms with Crippen molar-refractivity contribution in [2.24, 2.45) is 0 Å². The number of aryl methyl sites for hydroxylation is 1. The molecule has 0 aliphatic heterocycles. The number of nitro groups is 1. The van der Waals surface area contributed by atoms with Gasteiger partial charge in [0.15, 0.2) is 0 Å². The number of carbonyl (C=O) groups is 1. The van der Waals surface area contributed by atoms with Crippen molar-refractivity contribution < 1.29 is 19.2 Å². The third-order valence-electron chi connectivity index (χ3n) is 4.18. The molecule has 154 valence electrons. The number of carbonyl (C=O) groups excluding carboxylic acids is 1. The fraction of sp³-hybridized carbons (Fsp3) is 0.150. The first-order valence-electron chi connectivity index (χ1n) is 8.79. The summed E-state index contributed by atoms with van der Waals surface area (Å²) in [5.41, 5.74) is 2.00. The summed E-state index contributed by atoms with van der Waals surface area (Å²) in [5, 5.41) is 17.6. The van der Waals surface area contributed by atoms with E-state index in [-0.39, 0.29) is 17.3 Å². The monoisotopic (exact) mass is 409 g/mol. The molecule has 2 N–H and O–H groups in total. The minimum absolute atomic E-state index is 0.00469. The second kappa shape index (κ2) is 8.86. The minimum atomic E-state index is -0.574. The Morgan fingerprint density at radius 1 is 1.03 bits per heavy atom. The number of rotatable bonds is 7. The van der Waals surface area contributed by atoms with Crippen molar-refractivity contribution in [3.63, 3.8) is 0 Å². The predicted octanol–water partition coefficient (Wildman–Crippen LogP) is 3.98. The van der Waals surface area contributed by atoms with Crippen LogP contribution in [0, 0.1) is 17.0 Å². The summed E-state index contributed by atoms with van der Waals surface area (Å²) < 4.78 is 9.97. The van der Waals surface area contributed by atoms with Gasteiger partial charge in [-0.15, -0.1) is 0 Å². The zero-order chi connectivity index (χ0) is 21.7. The Labute approximate surface area is 172 Å². The van der Waals surface area contributed by atoms with Gasteiger partial charge >= 0.3 is 11.7 Å². The Morgan fingerprint density at radius 3 is 2.30 bits per heavy atom. The number of methoxy groups -OCH3 is 2. The molecule has 2 aromatic carbocycles. The average Bonchev–Trinajstić information content (AvgIpc) is 2.74. The maximum absolute atomic E-state index is 11.8. The maximum atomic E-state index is 11.8. The highest BCUT2D eigenvalue weighted by Gasteiger charge is 2.24. The lowest BCUT2D eigenvalue weighted by Gasteiger charge is -2.13. The van der Waals surface area contributed by atoms with E-state index in [4.69, 9.17) is 4.74 Å². The summed E-state index contributed by atoms with van der Waals surface area (Å²) in [6.07, 6.45) is 1.21. The van der Waals surface area contributed by atoms with Crippen LogP contribution in [0.4, 0.5) is 28.7 Å². The number of benzene rings is 2. The Balaban J connectivity index is 1.95. The molecule has 0 radical (unpaired) electrons. The summed E-state index contributed by atoms with van der Waals surface area (Å²) in [5.74, 6) is 0.0390. The fourth-order valence-electron chi connectivity index (χ4n) is 2.73. The summed E-state index contributed by atoms with van der Waals surface area (Å²) in [7, 11) is 2.80. The quantitative estimate of drug-likeness (QED) is 0.338. The second-order valence-corrected chi connectivity index (χ2v) is 6.20. The van der Waals surface area contributed by atoms with Gasteiger partial charge in [-0.3, -0.25) is 10.1 Å². The molecule has 30 heavy (non-hydrogen) atoms. The van der Waals surface area contributed by atoms with Crippen LogP contribution >= 0.6 is 0 Å². The highest BCUT2D eigenvalue weighted by Crippen LogP contribution is 2.35. The van der Waals surface area contributed by atoms with Gasteiger partial charge in [-0.1, -0.05) is 6.07 Å². The van der Waals surface area contributed by atoms with Crippen LogP contribution in [0.1, 0.15) is 15.9 Å². The predicted molar refractivity (Wildman–Crippen MR) is 111 cm³/mol. The molecule has 10 heteroatoms. The zero-order valence-electron chi connectivity index (χ0n) is 16.5. The third kappa shape index (κ3) is 4.43. The Hall–Kier alpha value is -4.21. The average molecular weight is 409 g/mol. The topological polar surface area (TPSA) is 129 Å². The summed E-state index contributed by atoms with van der Waals surface area (Å²) in [6.45, 7) is 1.89. The first-order chi connectivity index (χ1) is 14.4. The Morgan fingerprint density at radius 2 is 1.70 bits per heavy atom. The summed E-state index contributed by atoms with van der Waals surface area (Å²) in [6, 6.07) is 11.7. The van der Waals surface area contributed by atoms with Gasteiger partial charge in [0.2, 0.25) is 11.6 Å². The van der Waals surface area contributed by atoms with Crippen molar-refractivity contribution >= 4 is 34.7 Å². The standard InChI is InChI=1S/C20H19N5O5/c1-12-4-9-16(29-2)15(10-12)24-19-17(25(27)28)18(21-11-22-19)23-14-7-5-13(6-8-14)20(26)30-3/h4-11H,1-3H3,(H2,21,22,23,24). The van der Waals surface area contributed by atoms with E-state index in [1.165, 1.54) is 32.7 Å². The number of hydrogen-bond acceptors (Lipinski definition) is 9. The molecular weight excluding hydrogens is 390 g/mol. The minimum Gasteiger partial charge on any atom is -0.495 e.